The minimum atomic E-state index is -3.55. The molecule has 0 radical (unpaired) electrons. The van der Waals surface area contributed by atoms with Gasteiger partial charge >= 0.3 is 5.97 Å². The number of nitrogens with zero attached hydrogens (tertiary/aromatic N) is 2. The first-order valence-electron chi connectivity index (χ1n) is 6.43. The van der Waals surface area contributed by atoms with Gasteiger partial charge in [-0.3, -0.25) is 4.79 Å². The quantitative estimate of drug-likeness (QED) is 0.669. The van der Waals surface area contributed by atoms with Crippen molar-refractivity contribution in [3.05, 3.63) is 0 Å². The number of esters is 1. The summed E-state index contributed by atoms with van der Waals surface area (Å²) in [7, 11) is -0.792. The van der Waals surface area contributed by atoms with Gasteiger partial charge in [0.2, 0.25) is 0 Å². The van der Waals surface area contributed by atoms with Crippen LogP contribution in [0.15, 0.2) is 0 Å². The molecule has 1 aliphatic rings. The third-order valence-corrected chi connectivity index (χ3v) is 5.44. The van der Waals surface area contributed by atoms with Crippen LogP contribution in [0.25, 0.3) is 0 Å². The van der Waals surface area contributed by atoms with Crippen LogP contribution in [-0.2, 0) is 19.7 Å². The summed E-state index contributed by atoms with van der Waals surface area (Å²) in [6, 6.07) is -0.140. The van der Waals surface area contributed by atoms with Crippen molar-refractivity contribution < 1.29 is 17.9 Å². The van der Waals surface area contributed by atoms with E-state index in [9.17, 15) is 13.2 Å². The largest absolute Gasteiger partial charge is 0.469 e. The van der Waals surface area contributed by atoms with Crippen LogP contribution < -0.4 is 5.73 Å². The van der Waals surface area contributed by atoms with E-state index in [1.807, 2.05) is 0 Å². The number of piperidine rings is 1. The molecule has 0 saturated carbocycles. The maximum atomic E-state index is 12.4. The van der Waals surface area contributed by atoms with Crippen molar-refractivity contribution >= 4 is 16.2 Å². The van der Waals surface area contributed by atoms with Crippen LogP contribution in [0.5, 0.6) is 0 Å². The van der Waals surface area contributed by atoms with Gasteiger partial charge in [0.05, 0.1) is 13.5 Å². The minimum absolute atomic E-state index is 0.0490. The SMILES string of the molecule is COC(=O)CCN(C)S(=O)(=O)N1CCCCC1CN. The number of nitrogens with two attached hydrogens (primary N) is 1. The summed E-state index contributed by atoms with van der Waals surface area (Å²) in [5.74, 6) is -0.420. The Morgan fingerprint density at radius 1 is 1.47 bits per heavy atom. The smallest absolute Gasteiger partial charge is 0.306 e. The summed E-state index contributed by atoms with van der Waals surface area (Å²) in [5.41, 5.74) is 5.64. The molecular formula is C11H23N3O4S. The molecule has 0 amide bonds. The molecule has 0 aliphatic carbocycles. The van der Waals surface area contributed by atoms with Crippen LogP contribution in [-0.4, -0.2) is 62.8 Å². The first-order chi connectivity index (χ1) is 8.93. The molecule has 1 saturated heterocycles. The second-order valence-electron chi connectivity index (χ2n) is 4.65. The molecule has 1 atom stereocenters. The molecule has 0 bridgehead atoms. The normalized spacial score (nSPS) is 21.6. The molecule has 112 valence electrons. The fourth-order valence-electron chi connectivity index (χ4n) is 2.16. The summed E-state index contributed by atoms with van der Waals surface area (Å²) in [6.07, 6.45) is 2.69. The monoisotopic (exact) mass is 293 g/mol. The molecule has 1 aliphatic heterocycles. The lowest BCUT2D eigenvalue weighted by atomic mass is 10.1. The first-order valence-corrected chi connectivity index (χ1v) is 7.83. The van der Waals surface area contributed by atoms with Gasteiger partial charge in [-0.25, -0.2) is 0 Å². The zero-order chi connectivity index (χ0) is 14.5. The average molecular weight is 293 g/mol. The van der Waals surface area contributed by atoms with Gasteiger partial charge in [0, 0.05) is 32.7 Å². The Labute approximate surface area is 114 Å². The highest BCUT2D eigenvalue weighted by molar-refractivity contribution is 7.86. The minimum Gasteiger partial charge on any atom is -0.469 e. The molecule has 19 heavy (non-hydrogen) atoms. The van der Waals surface area contributed by atoms with Crippen molar-refractivity contribution in [2.45, 2.75) is 31.7 Å². The number of rotatable bonds is 6. The van der Waals surface area contributed by atoms with E-state index in [-0.39, 0.29) is 19.0 Å². The van der Waals surface area contributed by atoms with Gasteiger partial charge in [-0.05, 0) is 12.8 Å². The Morgan fingerprint density at radius 2 is 2.16 bits per heavy atom. The summed E-state index contributed by atoms with van der Waals surface area (Å²) < 4.78 is 32.0. The van der Waals surface area contributed by atoms with E-state index in [1.54, 1.807) is 0 Å². The van der Waals surface area contributed by atoms with Crippen LogP contribution in [0.4, 0.5) is 0 Å². The molecule has 7 nitrogen and oxygen atoms in total. The van der Waals surface area contributed by atoms with Gasteiger partial charge in [-0.15, -0.1) is 0 Å². The van der Waals surface area contributed by atoms with Crippen molar-refractivity contribution in [2.75, 3.05) is 33.8 Å². The zero-order valence-corrected chi connectivity index (χ0v) is 12.4. The lowest BCUT2D eigenvalue weighted by molar-refractivity contribution is -0.140. The first kappa shape index (κ1) is 16.4. The Kier molecular flexibility index (Phi) is 6.18. The molecular weight excluding hydrogens is 270 g/mol. The number of hydrogen-bond donors (Lipinski definition) is 1. The van der Waals surface area contributed by atoms with Crippen molar-refractivity contribution in [3.63, 3.8) is 0 Å². The van der Waals surface area contributed by atoms with E-state index in [1.165, 1.54) is 22.8 Å². The van der Waals surface area contributed by atoms with Gasteiger partial charge in [-0.1, -0.05) is 6.42 Å². The molecule has 1 heterocycles. The third kappa shape index (κ3) is 4.13. The van der Waals surface area contributed by atoms with E-state index >= 15 is 0 Å². The van der Waals surface area contributed by atoms with Gasteiger partial charge in [0.25, 0.3) is 10.2 Å². The third-order valence-electron chi connectivity index (χ3n) is 3.39. The van der Waals surface area contributed by atoms with Crippen LogP contribution in [0.3, 0.4) is 0 Å². The fraction of sp³-hybridized carbons (Fsp3) is 0.909. The second kappa shape index (κ2) is 7.18. The van der Waals surface area contributed by atoms with Crippen molar-refractivity contribution in [2.24, 2.45) is 5.73 Å². The lowest BCUT2D eigenvalue weighted by Gasteiger charge is -2.36. The molecule has 0 aromatic heterocycles. The molecule has 0 spiro atoms. The topological polar surface area (TPSA) is 92.9 Å². The zero-order valence-electron chi connectivity index (χ0n) is 11.5. The van der Waals surface area contributed by atoms with Gasteiger partial charge < -0.3 is 10.5 Å². The molecule has 0 aromatic rings. The highest BCUT2D eigenvalue weighted by atomic mass is 32.2. The average Bonchev–Trinajstić information content (AvgIpc) is 2.43. The highest BCUT2D eigenvalue weighted by Crippen LogP contribution is 2.21. The number of ether oxygens (including phenoxy) is 1. The lowest BCUT2D eigenvalue weighted by Crippen LogP contribution is -2.52. The van der Waals surface area contributed by atoms with E-state index in [0.29, 0.717) is 13.1 Å². The molecule has 2 N–H and O–H groups in total. The second-order valence-corrected chi connectivity index (χ2v) is 6.64. The van der Waals surface area contributed by atoms with E-state index in [4.69, 9.17) is 5.73 Å². The molecule has 1 unspecified atom stereocenters. The number of carbonyl (C=O) groups is 1. The molecule has 1 rings (SSSR count). The number of carbonyl (C=O) groups excluding carboxylic acids is 1. The summed E-state index contributed by atoms with van der Waals surface area (Å²) in [4.78, 5) is 11.1. The predicted octanol–water partition coefficient (Wildman–Crippen LogP) is -0.461. The van der Waals surface area contributed by atoms with Crippen LogP contribution in [0.2, 0.25) is 0 Å². The molecule has 8 heteroatoms. The Balaban J connectivity index is 2.69. The number of hydrogen-bond acceptors (Lipinski definition) is 5. The van der Waals surface area contributed by atoms with Gasteiger partial charge in [0.15, 0.2) is 0 Å². The Bertz CT molecular complexity index is 399. The predicted molar refractivity (Wildman–Crippen MR) is 71.6 cm³/mol. The van der Waals surface area contributed by atoms with E-state index < -0.39 is 16.2 Å². The van der Waals surface area contributed by atoms with Crippen LogP contribution >= 0.6 is 0 Å². The van der Waals surface area contributed by atoms with Crippen LogP contribution in [0.1, 0.15) is 25.7 Å². The van der Waals surface area contributed by atoms with E-state index in [0.717, 1.165) is 19.3 Å². The molecule has 0 aromatic carbocycles. The Hall–Kier alpha value is -0.700. The highest BCUT2D eigenvalue weighted by Gasteiger charge is 2.34. The van der Waals surface area contributed by atoms with Crippen LogP contribution in [0, 0.1) is 0 Å². The van der Waals surface area contributed by atoms with Gasteiger partial charge in [-0.2, -0.15) is 17.0 Å². The fourth-order valence-corrected chi connectivity index (χ4v) is 3.77. The molecule has 1 fully saturated rings. The van der Waals surface area contributed by atoms with Crippen molar-refractivity contribution in [3.8, 4) is 0 Å². The van der Waals surface area contributed by atoms with Crippen molar-refractivity contribution in [1.29, 1.82) is 0 Å². The van der Waals surface area contributed by atoms with Crippen molar-refractivity contribution in [1.82, 2.24) is 8.61 Å². The van der Waals surface area contributed by atoms with E-state index in [2.05, 4.69) is 4.74 Å². The summed E-state index contributed by atoms with van der Waals surface area (Å²) >= 11 is 0. The maximum absolute atomic E-state index is 12.4. The summed E-state index contributed by atoms with van der Waals surface area (Å²) in [6.45, 7) is 0.930. The summed E-state index contributed by atoms with van der Waals surface area (Å²) in [5, 5.41) is 0. The maximum Gasteiger partial charge on any atom is 0.306 e. The van der Waals surface area contributed by atoms with Gasteiger partial charge in [0.1, 0.15) is 0 Å². The standard InChI is InChI=1S/C11H23N3O4S/c1-13(8-6-11(15)18-2)19(16,17)14-7-4-3-5-10(14)9-12/h10H,3-9,12H2,1-2H3. The Morgan fingerprint density at radius 3 is 2.74 bits per heavy atom. The number of methoxy groups -OCH3 is 1.